The van der Waals surface area contributed by atoms with E-state index in [9.17, 15) is 4.79 Å². The fourth-order valence-corrected chi connectivity index (χ4v) is 7.18. The number of allylic oxidation sites excluding steroid dienone is 1. The van der Waals surface area contributed by atoms with Gasteiger partial charge in [0, 0.05) is 36.8 Å². The van der Waals surface area contributed by atoms with E-state index in [2.05, 4.69) is 87.6 Å². The van der Waals surface area contributed by atoms with Gasteiger partial charge in [0.1, 0.15) is 4.83 Å². The van der Waals surface area contributed by atoms with Crippen LogP contribution in [0.3, 0.4) is 0 Å². The molecule has 0 N–H and O–H groups in total. The maximum atomic E-state index is 13.7. The Morgan fingerprint density at radius 2 is 1.89 bits per heavy atom. The molecule has 6 nitrogen and oxygen atoms in total. The molecule has 0 atom stereocenters. The average Bonchev–Trinajstić information content (AvgIpc) is 3.48. The van der Waals surface area contributed by atoms with Gasteiger partial charge in [0.15, 0.2) is 5.16 Å². The Morgan fingerprint density at radius 1 is 1.08 bits per heavy atom. The molecule has 1 aliphatic rings. The van der Waals surface area contributed by atoms with E-state index in [-0.39, 0.29) is 5.56 Å². The summed E-state index contributed by atoms with van der Waals surface area (Å²) in [7, 11) is 0. The molecule has 0 amide bonds. The molecule has 8 heteroatoms. The number of aryl methyl sites for hydroxylation is 1. The van der Waals surface area contributed by atoms with Crippen molar-refractivity contribution in [2.45, 2.75) is 43.9 Å². The van der Waals surface area contributed by atoms with Crippen LogP contribution in [0.5, 0.6) is 0 Å². The van der Waals surface area contributed by atoms with Crippen molar-refractivity contribution in [1.29, 1.82) is 0 Å². The molecule has 36 heavy (non-hydrogen) atoms. The zero-order valence-electron chi connectivity index (χ0n) is 20.2. The molecule has 0 spiro atoms. The van der Waals surface area contributed by atoms with Gasteiger partial charge < -0.3 is 0 Å². The van der Waals surface area contributed by atoms with Gasteiger partial charge in [-0.15, -0.1) is 28.1 Å². The van der Waals surface area contributed by atoms with Gasteiger partial charge in [-0.3, -0.25) is 14.3 Å². The molecule has 6 rings (SSSR count). The molecule has 5 aromatic rings. The summed E-state index contributed by atoms with van der Waals surface area (Å²) in [4.78, 5) is 18.4. The van der Waals surface area contributed by atoms with Crippen LogP contribution in [0.25, 0.3) is 16.0 Å². The van der Waals surface area contributed by atoms with Gasteiger partial charge >= 0.3 is 0 Å². The predicted octanol–water partition coefficient (Wildman–Crippen LogP) is 5.45. The van der Waals surface area contributed by atoms with Gasteiger partial charge in [-0.2, -0.15) is 0 Å². The highest BCUT2D eigenvalue weighted by Crippen LogP contribution is 2.36. The van der Waals surface area contributed by atoms with Crippen LogP contribution in [0.4, 0.5) is 0 Å². The smallest absolute Gasteiger partial charge is 0.264 e. The molecular formula is C28H27N5OS2. The lowest BCUT2D eigenvalue weighted by Crippen LogP contribution is -2.30. The van der Waals surface area contributed by atoms with E-state index in [0.29, 0.717) is 12.3 Å². The Kier molecular flexibility index (Phi) is 6.25. The summed E-state index contributed by atoms with van der Waals surface area (Å²) in [5, 5.41) is 10.6. The van der Waals surface area contributed by atoms with Gasteiger partial charge in [0.05, 0.1) is 5.39 Å². The third kappa shape index (κ3) is 4.19. The third-order valence-corrected chi connectivity index (χ3v) is 8.89. The van der Waals surface area contributed by atoms with Crippen molar-refractivity contribution in [2.24, 2.45) is 0 Å². The number of nitrogens with zero attached hydrogens (tertiary/aromatic N) is 5. The molecule has 3 aromatic heterocycles. The van der Waals surface area contributed by atoms with E-state index in [1.54, 1.807) is 33.7 Å². The van der Waals surface area contributed by atoms with Crippen LogP contribution in [0, 0.1) is 6.92 Å². The second-order valence-corrected chi connectivity index (χ2v) is 11.3. The highest BCUT2D eigenvalue weighted by Gasteiger charge is 2.27. The number of rotatable bonds is 7. The van der Waals surface area contributed by atoms with Gasteiger partial charge in [-0.25, -0.2) is 4.40 Å². The minimum Gasteiger partial charge on any atom is -0.294 e. The lowest BCUT2D eigenvalue weighted by atomic mass is 10.0. The lowest BCUT2D eigenvalue weighted by Gasteiger charge is -2.26. The molecule has 0 fully saturated rings. The quantitative estimate of drug-likeness (QED) is 0.214. The minimum atomic E-state index is 0.00824. The maximum Gasteiger partial charge on any atom is 0.264 e. The van der Waals surface area contributed by atoms with Crippen molar-refractivity contribution in [3.05, 3.63) is 105 Å². The van der Waals surface area contributed by atoms with Crippen LogP contribution in [-0.2, 0) is 31.8 Å². The molecule has 182 valence electrons. The van der Waals surface area contributed by atoms with E-state index in [4.69, 9.17) is 0 Å². The first-order valence-corrected chi connectivity index (χ1v) is 13.9. The topological polar surface area (TPSA) is 55.4 Å². The first-order chi connectivity index (χ1) is 17.6. The molecule has 0 bridgehead atoms. The molecule has 0 saturated heterocycles. The van der Waals surface area contributed by atoms with Crippen LogP contribution in [-0.4, -0.2) is 30.6 Å². The van der Waals surface area contributed by atoms with E-state index >= 15 is 0 Å². The summed E-state index contributed by atoms with van der Waals surface area (Å²) in [6.45, 7) is 9.07. The summed E-state index contributed by atoms with van der Waals surface area (Å²) >= 11 is 3.37. The fraction of sp³-hybridized carbons (Fsp3) is 0.250. The first-order valence-electron chi connectivity index (χ1n) is 12.1. The molecule has 0 aliphatic carbocycles. The predicted molar refractivity (Wildman–Crippen MR) is 148 cm³/mol. The van der Waals surface area contributed by atoms with Crippen LogP contribution >= 0.6 is 23.1 Å². The number of hydrogen-bond acceptors (Lipinski definition) is 6. The average molecular weight is 514 g/mol. The number of hydrogen-bond donors (Lipinski definition) is 0. The zero-order valence-corrected chi connectivity index (χ0v) is 21.8. The summed E-state index contributed by atoms with van der Waals surface area (Å²) in [6.07, 6.45) is 2.62. The van der Waals surface area contributed by atoms with Gasteiger partial charge in [0.25, 0.3) is 5.56 Å². The van der Waals surface area contributed by atoms with E-state index < -0.39 is 0 Å². The summed E-state index contributed by atoms with van der Waals surface area (Å²) < 4.78 is 3.80. The maximum absolute atomic E-state index is 13.7. The largest absolute Gasteiger partial charge is 0.294 e. The second kappa shape index (κ2) is 9.69. The van der Waals surface area contributed by atoms with Gasteiger partial charge in [-0.05, 0) is 30.0 Å². The molecule has 4 heterocycles. The van der Waals surface area contributed by atoms with Crippen molar-refractivity contribution < 1.29 is 0 Å². The van der Waals surface area contributed by atoms with Crippen molar-refractivity contribution >= 4 is 39.1 Å². The fourth-order valence-electron chi connectivity index (χ4n) is 4.86. The standard InChI is InChI=1S/C28H27N5OS2/c1-3-14-32-25(34)24-22-13-15-31(16-20-7-5-4-6-8-20)17-23(22)36-26(24)33-27(32)29-30-28(33)35-18-21-11-9-19(2)10-12-21/h3-12H,1,13-18H2,2H3. The molecular weight excluding hydrogens is 486 g/mol. The van der Waals surface area contributed by atoms with Crippen molar-refractivity contribution in [2.75, 3.05) is 6.54 Å². The van der Waals surface area contributed by atoms with Crippen LogP contribution in [0.1, 0.15) is 27.1 Å². The molecule has 1 aliphatic heterocycles. The first kappa shape index (κ1) is 23.2. The zero-order chi connectivity index (χ0) is 24.6. The Balaban J connectivity index is 1.42. The van der Waals surface area contributed by atoms with E-state index in [1.165, 1.54) is 27.1 Å². The van der Waals surface area contributed by atoms with Gasteiger partial charge in [-0.1, -0.05) is 78.0 Å². The Hall–Kier alpha value is -3.20. The highest BCUT2D eigenvalue weighted by atomic mass is 32.2. The second-order valence-electron chi connectivity index (χ2n) is 9.23. The van der Waals surface area contributed by atoms with E-state index in [0.717, 1.165) is 47.2 Å². The molecule has 0 unspecified atom stereocenters. The number of thiophene rings is 1. The summed E-state index contributed by atoms with van der Waals surface area (Å²) in [6, 6.07) is 19.1. The Morgan fingerprint density at radius 3 is 2.67 bits per heavy atom. The Bertz CT molecular complexity index is 1620. The monoisotopic (exact) mass is 513 g/mol. The normalized spacial score (nSPS) is 13.9. The SMILES string of the molecule is C=CCn1c(=O)c2c3c(sc2n2c(SCc4ccc(C)cc4)nnc12)CN(Cc1ccccc1)CC3. The van der Waals surface area contributed by atoms with Crippen molar-refractivity contribution in [1.82, 2.24) is 24.1 Å². The van der Waals surface area contributed by atoms with Crippen LogP contribution in [0.2, 0.25) is 0 Å². The number of thioether (sulfide) groups is 1. The molecule has 2 aromatic carbocycles. The van der Waals surface area contributed by atoms with Gasteiger partial charge in [0.2, 0.25) is 5.78 Å². The summed E-state index contributed by atoms with van der Waals surface area (Å²) in [5.41, 5.74) is 4.99. The molecule has 0 saturated carbocycles. The number of aromatic nitrogens is 4. The van der Waals surface area contributed by atoms with E-state index in [1.807, 2.05) is 0 Å². The Labute approximate surface area is 217 Å². The van der Waals surface area contributed by atoms with Crippen LogP contribution in [0.15, 0.2) is 77.2 Å². The van der Waals surface area contributed by atoms with Crippen LogP contribution < -0.4 is 5.56 Å². The number of fused-ring (bicyclic) bond motifs is 5. The third-order valence-electron chi connectivity index (χ3n) is 6.69. The lowest BCUT2D eigenvalue weighted by molar-refractivity contribution is 0.249. The molecule has 0 radical (unpaired) electrons. The highest BCUT2D eigenvalue weighted by molar-refractivity contribution is 7.98. The van der Waals surface area contributed by atoms with Crippen molar-refractivity contribution in [3.63, 3.8) is 0 Å². The number of benzene rings is 2. The minimum absolute atomic E-state index is 0.00824. The van der Waals surface area contributed by atoms with Crippen molar-refractivity contribution in [3.8, 4) is 0 Å². The summed E-state index contributed by atoms with van der Waals surface area (Å²) in [5.74, 6) is 1.37.